The third-order valence-electron chi connectivity index (χ3n) is 2.45. The highest BCUT2D eigenvalue weighted by Crippen LogP contribution is 2.15. The minimum atomic E-state index is -4.87. The molecule has 0 spiro atoms. The summed E-state index contributed by atoms with van der Waals surface area (Å²) in [6.45, 7) is 0.0567. The predicted molar refractivity (Wildman–Crippen MR) is 72.8 cm³/mol. The zero-order valence-corrected chi connectivity index (χ0v) is 11.5. The van der Waals surface area contributed by atoms with Crippen LogP contribution in [0, 0.1) is 0 Å². The average molecular weight is 310 g/mol. The van der Waals surface area contributed by atoms with E-state index in [0.717, 1.165) is 17.8 Å². The van der Waals surface area contributed by atoms with E-state index in [-0.39, 0.29) is 12.3 Å². The Labute approximate surface area is 120 Å². The van der Waals surface area contributed by atoms with Gasteiger partial charge in [-0.15, -0.1) is 3.89 Å². The summed E-state index contributed by atoms with van der Waals surface area (Å²) in [5.74, 6) is 0. The smallest absolute Gasteiger partial charge is 0.412 e. The van der Waals surface area contributed by atoms with Crippen molar-refractivity contribution in [3.63, 3.8) is 0 Å². The van der Waals surface area contributed by atoms with Crippen LogP contribution in [-0.4, -0.2) is 19.5 Å². The number of pyridine rings is 1. The van der Waals surface area contributed by atoms with Crippen molar-refractivity contribution in [2.75, 3.05) is 5.32 Å². The van der Waals surface area contributed by atoms with Crippen LogP contribution in [-0.2, 0) is 21.6 Å². The Hall–Kier alpha value is -2.48. The highest BCUT2D eigenvalue weighted by molar-refractivity contribution is 7.86. The van der Waals surface area contributed by atoms with Crippen LogP contribution in [0.2, 0.25) is 0 Å². The zero-order chi connectivity index (χ0) is 15.3. The van der Waals surface area contributed by atoms with Crippen LogP contribution in [0.5, 0.6) is 0 Å². The number of carbonyl (C=O) groups excluding carboxylic acids is 1. The first-order chi connectivity index (χ1) is 9.95. The highest BCUT2D eigenvalue weighted by Gasteiger charge is 2.14. The average Bonchev–Trinajstić information content (AvgIpc) is 2.46. The van der Waals surface area contributed by atoms with Gasteiger partial charge in [0.1, 0.15) is 11.5 Å². The van der Waals surface area contributed by atoms with Gasteiger partial charge in [-0.2, -0.15) is 8.42 Å². The van der Waals surface area contributed by atoms with Gasteiger partial charge in [0.25, 0.3) is 0 Å². The van der Waals surface area contributed by atoms with Crippen molar-refractivity contribution < 1.29 is 21.8 Å². The molecule has 0 fully saturated rings. The summed E-state index contributed by atoms with van der Waals surface area (Å²) in [5.41, 5.74) is 0.817. The third-order valence-corrected chi connectivity index (χ3v) is 3.24. The molecule has 1 amide bonds. The van der Waals surface area contributed by atoms with Gasteiger partial charge in [-0.05, 0) is 11.6 Å². The molecule has 0 saturated heterocycles. The number of benzene rings is 1. The van der Waals surface area contributed by atoms with E-state index < -0.39 is 21.2 Å². The molecule has 1 N–H and O–H groups in total. The highest BCUT2D eigenvalue weighted by atomic mass is 32.3. The molecule has 21 heavy (non-hydrogen) atoms. The molecule has 6 nitrogen and oxygen atoms in total. The fraction of sp³-hybridized carbons (Fsp3) is 0.0769. The number of hydrogen-bond donors (Lipinski definition) is 1. The maximum absolute atomic E-state index is 12.8. The topological polar surface area (TPSA) is 85.4 Å². The van der Waals surface area contributed by atoms with Crippen LogP contribution in [0.4, 0.5) is 14.4 Å². The summed E-state index contributed by atoms with van der Waals surface area (Å²) in [4.78, 5) is 14.4. The summed E-state index contributed by atoms with van der Waals surface area (Å²) < 4.78 is 39.2. The number of halogens is 1. The van der Waals surface area contributed by atoms with Crippen LogP contribution in [0.3, 0.4) is 0 Å². The third kappa shape index (κ3) is 4.53. The van der Waals surface area contributed by atoms with E-state index in [1.807, 2.05) is 6.07 Å². The van der Waals surface area contributed by atoms with E-state index in [4.69, 9.17) is 4.74 Å². The van der Waals surface area contributed by atoms with E-state index in [1.54, 1.807) is 24.3 Å². The Morgan fingerprint density at radius 2 is 1.95 bits per heavy atom. The monoisotopic (exact) mass is 310 g/mol. The Kier molecular flexibility index (Phi) is 4.49. The zero-order valence-electron chi connectivity index (χ0n) is 10.7. The maximum atomic E-state index is 12.8. The lowest BCUT2D eigenvalue weighted by atomic mass is 10.2. The van der Waals surface area contributed by atoms with Gasteiger partial charge in [0.15, 0.2) is 0 Å². The van der Waals surface area contributed by atoms with Crippen molar-refractivity contribution in [3.8, 4) is 0 Å². The second-order valence-corrected chi connectivity index (χ2v) is 5.38. The van der Waals surface area contributed by atoms with E-state index in [1.165, 1.54) is 6.20 Å². The fourth-order valence-electron chi connectivity index (χ4n) is 1.50. The molecule has 0 aliphatic heterocycles. The van der Waals surface area contributed by atoms with Gasteiger partial charge in [-0.1, -0.05) is 30.3 Å². The van der Waals surface area contributed by atoms with Gasteiger partial charge in [0, 0.05) is 6.20 Å². The van der Waals surface area contributed by atoms with Gasteiger partial charge >= 0.3 is 16.3 Å². The largest absolute Gasteiger partial charge is 0.444 e. The van der Waals surface area contributed by atoms with Gasteiger partial charge in [-0.25, -0.2) is 4.79 Å². The minimum absolute atomic E-state index is 0.0202. The van der Waals surface area contributed by atoms with Gasteiger partial charge in [-0.3, -0.25) is 10.3 Å². The molecule has 8 heteroatoms. The van der Waals surface area contributed by atoms with Crippen LogP contribution in [0.15, 0.2) is 53.7 Å². The molecule has 2 aromatic rings. The number of carbonyl (C=O) groups is 1. The summed E-state index contributed by atoms with van der Waals surface area (Å²) in [5, 5.41) is 2.27. The van der Waals surface area contributed by atoms with Crippen LogP contribution < -0.4 is 5.32 Å². The molecular formula is C13H11FN2O4S. The molecule has 1 aromatic carbocycles. The van der Waals surface area contributed by atoms with Gasteiger partial charge < -0.3 is 4.74 Å². The predicted octanol–water partition coefficient (Wildman–Crippen LogP) is 2.49. The van der Waals surface area contributed by atoms with E-state index in [0.29, 0.717) is 0 Å². The quantitative estimate of drug-likeness (QED) is 0.877. The Morgan fingerprint density at radius 1 is 1.24 bits per heavy atom. The SMILES string of the molecule is O=C(Nc1cncc(S(=O)(=O)F)c1)OCc1ccccc1. The number of hydrogen-bond acceptors (Lipinski definition) is 5. The lowest BCUT2D eigenvalue weighted by Crippen LogP contribution is -2.14. The summed E-state index contributed by atoms with van der Waals surface area (Å²) in [6, 6.07) is 9.95. The molecule has 0 bridgehead atoms. The standard InChI is InChI=1S/C13H11FN2O4S/c14-21(18,19)12-6-11(7-15-8-12)16-13(17)20-9-10-4-2-1-3-5-10/h1-8H,9H2,(H,16,17). The van der Waals surface area contributed by atoms with Crippen molar-refractivity contribution in [2.45, 2.75) is 11.5 Å². The maximum Gasteiger partial charge on any atom is 0.412 e. The van der Waals surface area contributed by atoms with Crippen molar-refractivity contribution in [1.82, 2.24) is 4.98 Å². The van der Waals surface area contributed by atoms with Crippen LogP contribution in [0.25, 0.3) is 0 Å². The number of nitrogens with zero attached hydrogens (tertiary/aromatic N) is 1. The van der Waals surface area contributed by atoms with Crippen molar-refractivity contribution >= 4 is 22.0 Å². The summed E-state index contributed by atoms with van der Waals surface area (Å²) >= 11 is 0. The fourth-order valence-corrected chi connectivity index (χ4v) is 1.95. The van der Waals surface area contributed by atoms with Gasteiger partial charge in [0.2, 0.25) is 0 Å². The first-order valence-electron chi connectivity index (χ1n) is 5.82. The molecule has 0 aliphatic rings. The van der Waals surface area contributed by atoms with Crippen molar-refractivity contribution in [1.29, 1.82) is 0 Å². The summed E-state index contributed by atoms with van der Waals surface area (Å²) in [7, 11) is -4.87. The first kappa shape index (κ1) is 14.9. The van der Waals surface area contributed by atoms with Crippen molar-refractivity contribution in [2.24, 2.45) is 0 Å². The molecule has 0 atom stereocenters. The first-order valence-corrected chi connectivity index (χ1v) is 7.21. The molecule has 0 unspecified atom stereocenters. The molecule has 0 radical (unpaired) electrons. The number of amides is 1. The second kappa shape index (κ2) is 6.31. The summed E-state index contributed by atoms with van der Waals surface area (Å²) in [6.07, 6.45) is 1.22. The molecule has 1 heterocycles. The van der Waals surface area contributed by atoms with E-state index in [2.05, 4.69) is 10.3 Å². The lowest BCUT2D eigenvalue weighted by Gasteiger charge is -2.07. The van der Waals surface area contributed by atoms with Crippen LogP contribution in [0.1, 0.15) is 5.56 Å². The number of nitrogens with one attached hydrogen (secondary N) is 1. The number of ether oxygens (including phenoxy) is 1. The van der Waals surface area contributed by atoms with E-state index >= 15 is 0 Å². The van der Waals surface area contributed by atoms with Gasteiger partial charge in [0.05, 0.1) is 11.9 Å². The molecule has 110 valence electrons. The molecule has 1 aromatic heterocycles. The Balaban J connectivity index is 1.97. The normalized spacial score (nSPS) is 10.9. The van der Waals surface area contributed by atoms with Crippen molar-refractivity contribution in [3.05, 3.63) is 54.4 Å². The molecular weight excluding hydrogens is 299 g/mol. The van der Waals surface area contributed by atoms with Crippen LogP contribution >= 0.6 is 0 Å². The lowest BCUT2D eigenvalue weighted by molar-refractivity contribution is 0.155. The minimum Gasteiger partial charge on any atom is -0.444 e. The molecule has 0 aliphatic carbocycles. The molecule has 2 rings (SSSR count). The molecule has 0 saturated carbocycles. The van der Waals surface area contributed by atoms with E-state index in [9.17, 15) is 17.1 Å². The Morgan fingerprint density at radius 3 is 2.62 bits per heavy atom. The number of aromatic nitrogens is 1. The number of rotatable bonds is 4. The second-order valence-electron chi connectivity index (χ2n) is 4.03. The number of anilines is 1. The Bertz CT molecular complexity index is 735.